The molecule has 224 valence electrons. The van der Waals surface area contributed by atoms with Crippen LogP contribution in [0.2, 0.25) is 0 Å². The van der Waals surface area contributed by atoms with Gasteiger partial charge in [-0.25, -0.2) is 8.78 Å². The molecule has 0 atom stereocenters. The molecule has 2 aliphatic carbocycles. The summed E-state index contributed by atoms with van der Waals surface area (Å²) in [5.74, 6) is 0.685. The molecule has 5 rings (SSSR count). The van der Waals surface area contributed by atoms with Gasteiger partial charge in [0.25, 0.3) is 0 Å². The van der Waals surface area contributed by atoms with Crippen LogP contribution in [0.1, 0.15) is 96.0 Å². The first-order chi connectivity index (χ1) is 20.5. The molecule has 0 aliphatic heterocycles. The molecule has 0 spiro atoms. The van der Waals surface area contributed by atoms with Crippen molar-refractivity contribution >= 4 is 0 Å². The van der Waals surface area contributed by atoms with Gasteiger partial charge >= 0.3 is 0 Å². The maximum Gasteiger partial charge on any atom is 0.201 e. The Morgan fingerprint density at radius 2 is 1.33 bits per heavy atom. The van der Waals surface area contributed by atoms with Crippen LogP contribution in [0.3, 0.4) is 0 Å². The summed E-state index contributed by atoms with van der Waals surface area (Å²) >= 11 is 0. The second kappa shape index (κ2) is 14.4. The first kappa shape index (κ1) is 30.4. The first-order valence-electron chi connectivity index (χ1n) is 16.1. The number of hydrogen-bond donors (Lipinski definition) is 0. The predicted molar refractivity (Wildman–Crippen MR) is 167 cm³/mol. The van der Waals surface area contributed by atoms with Crippen molar-refractivity contribution in [1.29, 1.82) is 0 Å². The molecule has 3 aromatic carbocycles. The van der Waals surface area contributed by atoms with Crippen molar-refractivity contribution in [2.45, 2.75) is 90.4 Å². The van der Waals surface area contributed by atoms with Crippen LogP contribution in [0.4, 0.5) is 13.2 Å². The van der Waals surface area contributed by atoms with Gasteiger partial charge in [0.05, 0.1) is 6.61 Å². The van der Waals surface area contributed by atoms with Gasteiger partial charge in [-0.3, -0.25) is 0 Å². The van der Waals surface area contributed by atoms with E-state index in [0.717, 1.165) is 61.0 Å². The van der Waals surface area contributed by atoms with Crippen molar-refractivity contribution in [2.75, 3.05) is 6.61 Å². The van der Waals surface area contributed by atoms with Gasteiger partial charge in [0.15, 0.2) is 11.6 Å². The standard InChI is InChI=1S/C38H45F3O/c1-3-5-6-24-42-36-23-22-34(37(40)38(36)41)31-18-16-30(17-19-31)33-21-20-32(25-35(33)39)29-14-12-28(13-15-29)27-10-8-26(7-4-2)9-11-27/h4,7,16-23,25-29H,3,5-6,8-15,24H2,1-2H3. The number of benzene rings is 3. The minimum absolute atomic E-state index is 0.0631. The second-order valence-corrected chi connectivity index (χ2v) is 12.4. The monoisotopic (exact) mass is 574 g/mol. The van der Waals surface area contributed by atoms with Crippen molar-refractivity contribution < 1.29 is 17.9 Å². The van der Waals surface area contributed by atoms with Crippen molar-refractivity contribution in [3.05, 3.63) is 89.8 Å². The number of rotatable bonds is 10. The Kier molecular flexibility index (Phi) is 10.5. The Bertz CT molecular complexity index is 1330. The summed E-state index contributed by atoms with van der Waals surface area (Å²) in [4.78, 5) is 0. The number of allylic oxidation sites excluding steroid dienone is 2. The highest BCUT2D eigenvalue weighted by molar-refractivity contribution is 5.71. The van der Waals surface area contributed by atoms with Crippen LogP contribution >= 0.6 is 0 Å². The summed E-state index contributed by atoms with van der Waals surface area (Å²) in [7, 11) is 0. The second-order valence-electron chi connectivity index (χ2n) is 12.4. The topological polar surface area (TPSA) is 9.23 Å². The number of hydrogen-bond acceptors (Lipinski definition) is 1. The maximum atomic E-state index is 15.4. The average Bonchev–Trinajstić information content (AvgIpc) is 3.02. The van der Waals surface area contributed by atoms with E-state index >= 15 is 4.39 Å². The minimum Gasteiger partial charge on any atom is -0.490 e. The van der Waals surface area contributed by atoms with Gasteiger partial charge < -0.3 is 4.74 Å². The molecule has 0 radical (unpaired) electrons. The highest BCUT2D eigenvalue weighted by Gasteiger charge is 2.31. The molecule has 0 unspecified atom stereocenters. The lowest BCUT2D eigenvalue weighted by Crippen LogP contribution is -2.25. The van der Waals surface area contributed by atoms with Crippen molar-refractivity contribution in [3.63, 3.8) is 0 Å². The molecule has 2 aliphatic rings. The van der Waals surface area contributed by atoms with E-state index in [9.17, 15) is 8.78 Å². The fraction of sp³-hybridized carbons (Fsp3) is 0.474. The third-order valence-electron chi connectivity index (χ3n) is 9.74. The Morgan fingerprint density at radius 1 is 0.714 bits per heavy atom. The molecule has 0 saturated heterocycles. The van der Waals surface area contributed by atoms with E-state index in [1.54, 1.807) is 36.4 Å². The van der Waals surface area contributed by atoms with Crippen LogP contribution in [0.5, 0.6) is 5.75 Å². The van der Waals surface area contributed by atoms with E-state index in [4.69, 9.17) is 4.74 Å². The zero-order valence-corrected chi connectivity index (χ0v) is 25.2. The molecule has 2 saturated carbocycles. The highest BCUT2D eigenvalue weighted by Crippen LogP contribution is 2.44. The van der Waals surface area contributed by atoms with E-state index in [2.05, 4.69) is 32.1 Å². The molecule has 42 heavy (non-hydrogen) atoms. The Morgan fingerprint density at radius 3 is 1.95 bits per heavy atom. The summed E-state index contributed by atoms with van der Waals surface area (Å²) in [6, 6.07) is 15.7. The molecular weight excluding hydrogens is 529 g/mol. The van der Waals surface area contributed by atoms with Gasteiger partial charge in [0.1, 0.15) is 5.82 Å². The zero-order chi connectivity index (χ0) is 29.5. The Balaban J connectivity index is 1.20. The third kappa shape index (κ3) is 7.13. The molecule has 0 bridgehead atoms. The van der Waals surface area contributed by atoms with Crippen LogP contribution in [-0.4, -0.2) is 6.61 Å². The molecule has 3 aromatic rings. The van der Waals surface area contributed by atoms with Crippen LogP contribution in [0.15, 0.2) is 66.7 Å². The molecule has 1 nitrogen and oxygen atoms in total. The molecule has 0 N–H and O–H groups in total. The Labute approximate surface area is 250 Å². The lowest BCUT2D eigenvalue weighted by Gasteiger charge is -2.37. The molecule has 0 amide bonds. The lowest BCUT2D eigenvalue weighted by molar-refractivity contribution is 0.171. The molecule has 0 heterocycles. The third-order valence-corrected chi connectivity index (χ3v) is 9.74. The van der Waals surface area contributed by atoms with Gasteiger partial charge in [0.2, 0.25) is 5.82 Å². The average molecular weight is 575 g/mol. The van der Waals surface area contributed by atoms with Gasteiger partial charge in [-0.15, -0.1) is 0 Å². The Hall–Kier alpha value is -3.01. The van der Waals surface area contributed by atoms with Gasteiger partial charge in [-0.2, -0.15) is 4.39 Å². The summed E-state index contributed by atoms with van der Waals surface area (Å²) < 4.78 is 50.3. The number of ether oxygens (including phenoxy) is 1. The minimum atomic E-state index is -0.972. The smallest absolute Gasteiger partial charge is 0.201 e. The van der Waals surface area contributed by atoms with Crippen molar-refractivity contribution in [1.82, 2.24) is 0 Å². The molecule has 4 heteroatoms. The number of unbranched alkanes of at least 4 members (excludes halogenated alkanes) is 2. The van der Waals surface area contributed by atoms with E-state index < -0.39 is 11.6 Å². The quantitative estimate of drug-likeness (QED) is 0.173. The van der Waals surface area contributed by atoms with E-state index in [1.807, 2.05) is 6.07 Å². The molecular formula is C38H45F3O. The fourth-order valence-electron chi connectivity index (χ4n) is 7.25. The lowest BCUT2D eigenvalue weighted by atomic mass is 9.68. The van der Waals surface area contributed by atoms with Gasteiger partial charge in [-0.1, -0.05) is 68.3 Å². The van der Waals surface area contributed by atoms with Crippen molar-refractivity contribution in [3.8, 4) is 28.0 Å². The zero-order valence-electron chi connectivity index (χ0n) is 25.2. The van der Waals surface area contributed by atoms with Crippen molar-refractivity contribution in [2.24, 2.45) is 17.8 Å². The highest BCUT2D eigenvalue weighted by atomic mass is 19.2. The number of halogens is 3. The van der Waals surface area contributed by atoms with Crippen LogP contribution in [0, 0.1) is 35.2 Å². The maximum absolute atomic E-state index is 15.4. The fourth-order valence-corrected chi connectivity index (χ4v) is 7.25. The van der Waals surface area contributed by atoms with E-state index in [1.165, 1.54) is 44.6 Å². The molecule has 2 fully saturated rings. The molecule has 0 aromatic heterocycles. The van der Waals surface area contributed by atoms with Crippen LogP contribution in [-0.2, 0) is 0 Å². The normalized spacial score (nSPS) is 22.9. The summed E-state index contributed by atoms with van der Waals surface area (Å²) in [6.07, 6.45) is 17.5. The largest absolute Gasteiger partial charge is 0.490 e. The first-order valence-corrected chi connectivity index (χ1v) is 16.1. The summed E-state index contributed by atoms with van der Waals surface area (Å²) in [5.41, 5.74) is 3.04. The predicted octanol–water partition coefficient (Wildman–Crippen LogP) is 11.7. The summed E-state index contributed by atoms with van der Waals surface area (Å²) in [6.45, 7) is 4.56. The SMILES string of the molecule is CC=CC1CCC(C2CCC(c3ccc(-c4ccc(-c5ccc(OCCCCC)c(F)c5F)cc4)c(F)c3)CC2)CC1. The van der Waals surface area contributed by atoms with Crippen LogP contribution < -0.4 is 4.74 Å². The van der Waals surface area contributed by atoms with E-state index in [0.29, 0.717) is 23.7 Å². The van der Waals surface area contributed by atoms with Gasteiger partial charge in [0, 0.05) is 11.1 Å². The van der Waals surface area contributed by atoms with E-state index in [-0.39, 0.29) is 17.1 Å². The summed E-state index contributed by atoms with van der Waals surface area (Å²) in [5, 5.41) is 0. The van der Waals surface area contributed by atoms with Crippen LogP contribution in [0.25, 0.3) is 22.3 Å². The van der Waals surface area contributed by atoms with Gasteiger partial charge in [-0.05, 0) is 123 Å².